The predicted molar refractivity (Wildman–Crippen MR) is 66.4 cm³/mol. The summed E-state index contributed by atoms with van der Waals surface area (Å²) in [4.78, 5) is 2.21. The maximum atomic E-state index is 5.89. The fourth-order valence-electron chi connectivity index (χ4n) is 1.15. The molecule has 14 heavy (non-hydrogen) atoms. The van der Waals surface area contributed by atoms with Crippen LogP contribution in [-0.2, 0) is 0 Å². The molecule has 2 aromatic heterocycles. The SMILES string of the molecule is ClC(Cl)=C(c1cccs1)c1cccs1. The van der Waals surface area contributed by atoms with Crippen LogP contribution in [0.4, 0.5) is 0 Å². The highest BCUT2D eigenvalue weighted by atomic mass is 35.5. The summed E-state index contributed by atoms with van der Waals surface area (Å²) >= 11 is 15.0. The first-order chi connectivity index (χ1) is 6.79. The van der Waals surface area contributed by atoms with Gasteiger partial charge in [-0.05, 0) is 22.9 Å². The van der Waals surface area contributed by atoms with E-state index in [2.05, 4.69) is 0 Å². The van der Waals surface area contributed by atoms with Crippen molar-refractivity contribution in [1.29, 1.82) is 0 Å². The maximum absolute atomic E-state index is 5.89. The van der Waals surface area contributed by atoms with E-state index in [0.717, 1.165) is 15.3 Å². The van der Waals surface area contributed by atoms with Gasteiger partial charge in [-0.2, -0.15) is 0 Å². The van der Waals surface area contributed by atoms with E-state index < -0.39 is 0 Å². The Morgan fingerprint density at radius 2 is 1.43 bits per heavy atom. The standard InChI is InChI=1S/C10H6Cl2S2/c11-10(12)9(7-3-1-5-13-7)8-4-2-6-14-8/h1-6H. The Morgan fingerprint density at radius 3 is 1.71 bits per heavy atom. The number of rotatable bonds is 2. The van der Waals surface area contributed by atoms with E-state index in [1.165, 1.54) is 0 Å². The van der Waals surface area contributed by atoms with Crippen LogP contribution in [0.2, 0.25) is 0 Å². The van der Waals surface area contributed by atoms with Crippen molar-refractivity contribution in [1.82, 2.24) is 0 Å². The lowest BCUT2D eigenvalue weighted by Gasteiger charge is -2.01. The van der Waals surface area contributed by atoms with Crippen LogP contribution >= 0.6 is 45.9 Å². The minimum atomic E-state index is 0.329. The van der Waals surface area contributed by atoms with E-state index in [1.54, 1.807) is 22.7 Å². The van der Waals surface area contributed by atoms with Crippen molar-refractivity contribution in [2.24, 2.45) is 0 Å². The molecule has 0 bridgehead atoms. The first-order valence-electron chi connectivity index (χ1n) is 3.92. The summed E-state index contributed by atoms with van der Waals surface area (Å²) < 4.78 is 0.329. The Labute approximate surface area is 100 Å². The minimum absolute atomic E-state index is 0.329. The number of hydrogen-bond donors (Lipinski definition) is 0. The summed E-state index contributed by atoms with van der Waals surface area (Å²) in [5.74, 6) is 0. The Balaban J connectivity index is 2.52. The molecular weight excluding hydrogens is 255 g/mol. The quantitative estimate of drug-likeness (QED) is 0.713. The first-order valence-corrected chi connectivity index (χ1v) is 6.43. The zero-order valence-electron chi connectivity index (χ0n) is 7.04. The molecule has 0 N–H and O–H groups in total. The van der Waals surface area contributed by atoms with E-state index in [-0.39, 0.29) is 0 Å². The fraction of sp³-hybridized carbons (Fsp3) is 0. The molecule has 0 radical (unpaired) electrons. The summed E-state index contributed by atoms with van der Waals surface area (Å²) in [7, 11) is 0. The van der Waals surface area contributed by atoms with Crippen LogP contribution in [0.5, 0.6) is 0 Å². The highest BCUT2D eigenvalue weighted by molar-refractivity contribution is 7.14. The number of thiophene rings is 2. The number of halogens is 2. The molecular formula is C10H6Cl2S2. The van der Waals surface area contributed by atoms with E-state index in [9.17, 15) is 0 Å². The number of hydrogen-bond acceptors (Lipinski definition) is 2. The third kappa shape index (κ3) is 2.04. The Bertz CT molecular complexity index is 386. The second-order valence-electron chi connectivity index (χ2n) is 2.59. The second-order valence-corrected chi connectivity index (χ2v) is 5.43. The molecule has 0 saturated heterocycles. The highest BCUT2D eigenvalue weighted by Crippen LogP contribution is 2.35. The molecule has 0 fully saturated rings. The van der Waals surface area contributed by atoms with Gasteiger partial charge in [-0.15, -0.1) is 22.7 Å². The molecule has 0 aliphatic rings. The zero-order chi connectivity index (χ0) is 9.97. The molecule has 2 aromatic rings. The molecule has 2 rings (SSSR count). The van der Waals surface area contributed by atoms with Crippen molar-refractivity contribution in [2.75, 3.05) is 0 Å². The summed E-state index contributed by atoms with van der Waals surface area (Å²) in [6.45, 7) is 0. The topological polar surface area (TPSA) is 0 Å². The van der Waals surface area contributed by atoms with Crippen molar-refractivity contribution >= 4 is 51.4 Å². The lowest BCUT2D eigenvalue weighted by Crippen LogP contribution is -1.79. The lowest BCUT2D eigenvalue weighted by atomic mass is 10.2. The molecule has 0 spiro atoms. The summed E-state index contributed by atoms with van der Waals surface area (Å²) in [6.07, 6.45) is 0. The summed E-state index contributed by atoms with van der Waals surface area (Å²) in [6, 6.07) is 8.02. The second kappa shape index (κ2) is 4.49. The van der Waals surface area contributed by atoms with Crippen molar-refractivity contribution in [3.05, 3.63) is 49.3 Å². The fourth-order valence-corrected chi connectivity index (χ4v) is 3.43. The molecule has 72 valence electrons. The van der Waals surface area contributed by atoms with Gasteiger partial charge in [0.05, 0.1) is 0 Å². The monoisotopic (exact) mass is 260 g/mol. The van der Waals surface area contributed by atoms with Gasteiger partial charge >= 0.3 is 0 Å². The van der Waals surface area contributed by atoms with Crippen molar-refractivity contribution in [3.63, 3.8) is 0 Å². The zero-order valence-corrected chi connectivity index (χ0v) is 10.2. The van der Waals surface area contributed by atoms with Crippen molar-refractivity contribution in [3.8, 4) is 0 Å². The van der Waals surface area contributed by atoms with Crippen LogP contribution in [0.25, 0.3) is 5.57 Å². The summed E-state index contributed by atoms with van der Waals surface area (Å²) in [5.41, 5.74) is 0.929. The molecule has 2 heterocycles. The average molecular weight is 261 g/mol. The molecule has 4 heteroatoms. The van der Waals surface area contributed by atoms with E-state index in [0.29, 0.717) is 4.49 Å². The van der Waals surface area contributed by atoms with Gasteiger partial charge in [-0.1, -0.05) is 35.3 Å². The van der Waals surface area contributed by atoms with Crippen LogP contribution in [0.15, 0.2) is 39.5 Å². The Kier molecular flexibility index (Phi) is 3.29. The average Bonchev–Trinajstić information content (AvgIpc) is 2.75. The smallest absolute Gasteiger partial charge is 0.116 e. The van der Waals surface area contributed by atoms with E-state index in [1.807, 2.05) is 35.0 Å². The van der Waals surface area contributed by atoms with E-state index in [4.69, 9.17) is 23.2 Å². The van der Waals surface area contributed by atoms with Crippen LogP contribution in [-0.4, -0.2) is 0 Å². The molecule has 0 saturated carbocycles. The van der Waals surface area contributed by atoms with Crippen molar-refractivity contribution in [2.45, 2.75) is 0 Å². The summed E-state index contributed by atoms with van der Waals surface area (Å²) in [5, 5.41) is 4.03. The van der Waals surface area contributed by atoms with Crippen molar-refractivity contribution < 1.29 is 0 Å². The van der Waals surface area contributed by atoms with E-state index >= 15 is 0 Å². The normalized spacial score (nSPS) is 10.1. The predicted octanol–water partition coefficient (Wildman–Crippen LogP) is 5.00. The third-order valence-corrected chi connectivity index (χ3v) is 3.88. The third-order valence-electron chi connectivity index (χ3n) is 1.72. The van der Waals surface area contributed by atoms with Crippen LogP contribution < -0.4 is 0 Å². The Hall–Kier alpha value is -0.280. The van der Waals surface area contributed by atoms with Gasteiger partial charge in [-0.3, -0.25) is 0 Å². The largest absolute Gasteiger partial charge is 0.144 e. The van der Waals surface area contributed by atoms with Gasteiger partial charge in [0, 0.05) is 15.3 Å². The molecule has 0 aliphatic heterocycles. The van der Waals surface area contributed by atoms with Gasteiger partial charge in [0.15, 0.2) is 0 Å². The molecule has 0 aliphatic carbocycles. The molecule has 0 unspecified atom stereocenters. The van der Waals surface area contributed by atoms with Crippen LogP contribution in [0.1, 0.15) is 9.75 Å². The molecule has 0 amide bonds. The highest BCUT2D eigenvalue weighted by Gasteiger charge is 2.10. The van der Waals surface area contributed by atoms with Gasteiger partial charge in [0.1, 0.15) is 4.49 Å². The minimum Gasteiger partial charge on any atom is -0.144 e. The van der Waals surface area contributed by atoms with Crippen LogP contribution in [0.3, 0.4) is 0 Å². The van der Waals surface area contributed by atoms with Gasteiger partial charge in [0.25, 0.3) is 0 Å². The lowest BCUT2D eigenvalue weighted by molar-refractivity contribution is 1.80. The van der Waals surface area contributed by atoms with Gasteiger partial charge in [0.2, 0.25) is 0 Å². The maximum Gasteiger partial charge on any atom is 0.116 e. The van der Waals surface area contributed by atoms with Gasteiger partial charge < -0.3 is 0 Å². The van der Waals surface area contributed by atoms with Gasteiger partial charge in [-0.25, -0.2) is 0 Å². The molecule has 0 nitrogen and oxygen atoms in total. The Morgan fingerprint density at radius 1 is 0.929 bits per heavy atom. The molecule has 0 aromatic carbocycles. The van der Waals surface area contributed by atoms with Crippen LogP contribution in [0, 0.1) is 0 Å². The molecule has 0 atom stereocenters. The first kappa shape index (κ1) is 10.2.